The van der Waals surface area contributed by atoms with Crippen LogP contribution in [0.3, 0.4) is 0 Å². The maximum absolute atomic E-state index is 6.03. The molecule has 0 amide bonds. The van der Waals surface area contributed by atoms with E-state index >= 15 is 0 Å². The van der Waals surface area contributed by atoms with Gasteiger partial charge < -0.3 is 9.30 Å². The molecule has 0 bridgehead atoms. The molecule has 3 heterocycles. The molecule has 0 saturated carbocycles. The van der Waals surface area contributed by atoms with Crippen molar-refractivity contribution >= 4 is 11.6 Å². The second kappa shape index (κ2) is 6.43. The van der Waals surface area contributed by atoms with E-state index in [-0.39, 0.29) is 0 Å². The van der Waals surface area contributed by atoms with Gasteiger partial charge in [0.25, 0.3) is 0 Å². The summed E-state index contributed by atoms with van der Waals surface area (Å²) in [5.74, 6) is 1.04. The lowest BCUT2D eigenvalue weighted by molar-refractivity contribution is 0.0483. The van der Waals surface area contributed by atoms with Gasteiger partial charge in [0.15, 0.2) is 0 Å². The summed E-state index contributed by atoms with van der Waals surface area (Å²) in [5.41, 5.74) is 0. The summed E-state index contributed by atoms with van der Waals surface area (Å²) in [7, 11) is 1.97. The molecule has 0 spiro atoms. The largest absolute Gasteiger partial charge is 0.377 e. The van der Waals surface area contributed by atoms with Gasteiger partial charge in [-0.05, 0) is 12.8 Å². The summed E-state index contributed by atoms with van der Waals surface area (Å²) >= 11 is 6.03. The van der Waals surface area contributed by atoms with Gasteiger partial charge in [-0.1, -0.05) is 11.6 Å². The lowest BCUT2D eigenvalue weighted by Crippen LogP contribution is -2.48. The van der Waals surface area contributed by atoms with Crippen molar-refractivity contribution in [3.05, 3.63) is 17.2 Å². The molecule has 2 saturated heterocycles. The van der Waals surface area contributed by atoms with Crippen LogP contribution in [0.15, 0.2) is 6.20 Å². The van der Waals surface area contributed by atoms with Gasteiger partial charge in [0.2, 0.25) is 0 Å². The van der Waals surface area contributed by atoms with Gasteiger partial charge in [0.1, 0.15) is 11.0 Å². The van der Waals surface area contributed by atoms with Gasteiger partial charge in [0, 0.05) is 46.4 Å². The van der Waals surface area contributed by atoms with Crippen molar-refractivity contribution in [2.75, 3.05) is 39.3 Å². The topological polar surface area (TPSA) is 33.5 Å². The van der Waals surface area contributed by atoms with Gasteiger partial charge in [-0.3, -0.25) is 9.80 Å². The number of hydrogen-bond donors (Lipinski definition) is 0. The van der Waals surface area contributed by atoms with Crippen molar-refractivity contribution in [1.29, 1.82) is 0 Å². The number of piperazine rings is 1. The van der Waals surface area contributed by atoms with Crippen LogP contribution in [0.2, 0.25) is 5.15 Å². The monoisotopic (exact) mass is 298 g/mol. The molecular weight excluding hydrogens is 276 g/mol. The summed E-state index contributed by atoms with van der Waals surface area (Å²) in [6.07, 6.45) is 4.65. The first-order valence-electron chi connectivity index (χ1n) is 7.45. The van der Waals surface area contributed by atoms with E-state index < -0.39 is 0 Å². The highest BCUT2D eigenvalue weighted by Gasteiger charge is 2.23. The Bertz CT molecular complexity index is 436. The van der Waals surface area contributed by atoms with Gasteiger partial charge in [0.05, 0.1) is 18.8 Å². The first-order valence-corrected chi connectivity index (χ1v) is 7.82. The molecule has 0 aromatic carbocycles. The lowest BCUT2D eigenvalue weighted by atomic mass is 10.2. The van der Waals surface area contributed by atoms with Gasteiger partial charge in [-0.2, -0.15) is 0 Å². The molecule has 6 heteroatoms. The predicted molar refractivity (Wildman–Crippen MR) is 78.9 cm³/mol. The molecule has 1 unspecified atom stereocenters. The van der Waals surface area contributed by atoms with Crippen LogP contribution in [0.4, 0.5) is 0 Å². The standard InChI is InChI=1S/C14H23ClN4O/c1-17-13(15)9-16-14(17)11-19-6-4-18(5-7-19)10-12-3-2-8-20-12/h9,12H,2-8,10-11H2,1H3. The first-order chi connectivity index (χ1) is 9.72. The Balaban J connectivity index is 1.45. The van der Waals surface area contributed by atoms with Gasteiger partial charge in [-0.25, -0.2) is 4.98 Å². The minimum atomic E-state index is 0.467. The van der Waals surface area contributed by atoms with Crippen LogP contribution in [0.25, 0.3) is 0 Å². The normalized spacial score (nSPS) is 25.4. The van der Waals surface area contributed by atoms with Gasteiger partial charge >= 0.3 is 0 Å². The van der Waals surface area contributed by atoms with Crippen LogP contribution in [0.5, 0.6) is 0 Å². The quantitative estimate of drug-likeness (QED) is 0.841. The van der Waals surface area contributed by atoms with E-state index in [1.807, 2.05) is 11.6 Å². The first kappa shape index (κ1) is 14.3. The van der Waals surface area contributed by atoms with E-state index in [2.05, 4.69) is 14.8 Å². The third-order valence-corrected chi connectivity index (χ3v) is 4.69. The third kappa shape index (κ3) is 3.34. The predicted octanol–water partition coefficient (Wildman–Crippen LogP) is 1.37. The molecule has 2 aliphatic rings. The van der Waals surface area contributed by atoms with Crippen LogP contribution in [-0.4, -0.2) is 64.8 Å². The van der Waals surface area contributed by atoms with Crippen LogP contribution >= 0.6 is 11.6 Å². The van der Waals surface area contributed by atoms with Crippen LogP contribution in [-0.2, 0) is 18.3 Å². The summed E-state index contributed by atoms with van der Waals surface area (Å²) in [6.45, 7) is 7.37. The second-order valence-electron chi connectivity index (χ2n) is 5.77. The van der Waals surface area contributed by atoms with Crippen molar-refractivity contribution in [2.45, 2.75) is 25.5 Å². The molecule has 2 aliphatic heterocycles. The molecule has 3 rings (SSSR count). The molecule has 0 aliphatic carbocycles. The molecule has 5 nitrogen and oxygen atoms in total. The van der Waals surface area contributed by atoms with E-state index in [0.29, 0.717) is 11.3 Å². The summed E-state index contributed by atoms with van der Waals surface area (Å²) in [6, 6.07) is 0. The number of nitrogens with zero attached hydrogens (tertiary/aromatic N) is 4. The third-order valence-electron chi connectivity index (χ3n) is 4.34. The zero-order valence-electron chi connectivity index (χ0n) is 12.1. The summed E-state index contributed by atoms with van der Waals surface area (Å²) in [4.78, 5) is 9.34. The maximum Gasteiger partial charge on any atom is 0.128 e. The Morgan fingerprint density at radius 3 is 2.65 bits per heavy atom. The Morgan fingerprint density at radius 1 is 1.30 bits per heavy atom. The fourth-order valence-corrected chi connectivity index (χ4v) is 3.12. The van der Waals surface area contributed by atoms with Crippen LogP contribution in [0.1, 0.15) is 18.7 Å². The average molecular weight is 299 g/mol. The molecule has 0 N–H and O–H groups in total. The molecule has 2 fully saturated rings. The SMILES string of the molecule is Cn1c(Cl)cnc1CN1CCN(CC2CCCO2)CC1. The van der Waals surface area contributed by atoms with E-state index in [1.165, 1.54) is 12.8 Å². The van der Waals surface area contributed by atoms with Crippen molar-refractivity contribution in [2.24, 2.45) is 7.05 Å². The molecule has 1 aromatic rings. The number of halogens is 1. The van der Waals surface area contributed by atoms with Crippen molar-refractivity contribution in [3.8, 4) is 0 Å². The highest BCUT2D eigenvalue weighted by Crippen LogP contribution is 2.16. The van der Waals surface area contributed by atoms with E-state index in [9.17, 15) is 0 Å². The Morgan fingerprint density at radius 2 is 2.05 bits per heavy atom. The summed E-state index contributed by atoms with van der Waals surface area (Å²) in [5, 5.41) is 0.706. The fraction of sp³-hybridized carbons (Fsp3) is 0.786. The number of imidazole rings is 1. The smallest absolute Gasteiger partial charge is 0.128 e. The van der Waals surface area contributed by atoms with Gasteiger partial charge in [-0.15, -0.1) is 0 Å². The number of ether oxygens (including phenoxy) is 1. The Labute approximate surface area is 125 Å². The van der Waals surface area contributed by atoms with E-state index in [0.717, 1.165) is 51.7 Å². The zero-order valence-corrected chi connectivity index (χ0v) is 12.8. The molecule has 1 atom stereocenters. The number of rotatable bonds is 4. The molecule has 0 radical (unpaired) electrons. The molecular formula is C14H23ClN4O. The average Bonchev–Trinajstić information content (AvgIpc) is 3.06. The summed E-state index contributed by atoms with van der Waals surface area (Å²) < 4.78 is 7.67. The molecule has 1 aromatic heterocycles. The minimum absolute atomic E-state index is 0.467. The van der Waals surface area contributed by atoms with Crippen molar-refractivity contribution < 1.29 is 4.74 Å². The number of aromatic nitrogens is 2. The molecule has 20 heavy (non-hydrogen) atoms. The zero-order chi connectivity index (χ0) is 13.9. The maximum atomic E-state index is 6.03. The second-order valence-corrected chi connectivity index (χ2v) is 6.16. The van der Waals surface area contributed by atoms with Crippen LogP contribution in [0, 0.1) is 0 Å². The molecule has 112 valence electrons. The van der Waals surface area contributed by atoms with E-state index in [1.54, 1.807) is 6.20 Å². The fourth-order valence-electron chi connectivity index (χ4n) is 2.98. The van der Waals surface area contributed by atoms with Crippen molar-refractivity contribution in [1.82, 2.24) is 19.4 Å². The number of hydrogen-bond acceptors (Lipinski definition) is 4. The highest BCUT2D eigenvalue weighted by atomic mass is 35.5. The highest BCUT2D eigenvalue weighted by molar-refractivity contribution is 6.29. The Hall–Kier alpha value is -0.620. The van der Waals surface area contributed by atoms with Crippen LogP contribution < -0.4 is 0 Å². The van der Waals surface area contributed by atoms with Crippen molar-refractivity contribution in [3.63, 3.8) is 0 Å². The minimum Gasteiger partial charge on any atom is -0.377 e. The lowest BCUT2D eigenvalue weighted by Gasteiger charge is -2.35. The Kier molecular flexibility index (Phi) is 4.61. The van der Waals surface area contributed by atoms with E-state index in [4.69, 9.17) is 16.3 Å².